The molecular formula is C32H24BN3. The minimum atomic E-state index is 0.0915. The standard InChI is InChI=1S/C32H24BN3/c1-19-16-20(2)31(21(3)17-19)35-28-13-7-9-23-25-11-6-10-24-22-8-4-5-12-27(22)36(32(24)25)33(30(23)28)26-14-15-34-18-29(26)35/h4-18H,1-3H3. The molecule has 0 spiro atoms. The summed E-state index contributed by atoms with van der Waals surface area (Å²) in [6.07, 6.45) is 4.00. The van der Waals surface area contributed by atoms with Crippen LogP contribution in [0.5, 0.6) is 0 Å². The van der Waals surface area contributed by atoms with Gasteiger partial charge in [-0.2, -0.15) is 0 Å². The second-order valence-electron chi connectivity index (χ2n) is 10.2. The number of aryl methyl sites for hydroxylation is 3. The summed E-state index contributed by atoms with van der Waals surface area (Å²) in [5.74, 6) is 0. The van der Waals surface area contributed by atoms with Gasteiger partial charge in [-0.15, -0.1) is 0 Å². The number of para-hydroxylation sites is 2. The Morgan fingerprint density at radius 3 is 2.33 bits per heavy atom. The molecule has 8 rings (SSSR count). The molecule has 2 aromatic heterocycles. The van der Waals surface area contributed by atoms with Crippen molar-refractivity contribution >= 4 is 56.6 Å². The van der Waals surface area contributed by atoms with Gasteiger partial charge in [-0.25, -0.2) is 0 Å². The summed E-state index contributed by atoms with van der Waals surface area (Å²) in [5, 5.41) is 2.63. The fourth-order valence-electron chi connectivity index (χ4n) is 6.94. The summed E-state index contributed by atoms with van der Waals surface area (Å²) in [7, 11) is 0. The van der Waals surface area contributed by atoms with Crippen LogP contribution in [0.3, 0.4) is 0 Å². The third-order valence-electron chi connectivity index (χ3n) is 8.10. The lowest BCUT2D eigenvalue weighted by Gasteiger charge is -2.41. The minimum Gasteiger partial charge on any atom is -0.375 e. The Morgan fingerprint density at radius 1 is 0.722 bits per heavy atom. The van der Waals surface area contributed by atoms with Crippen molar-refractivity contribution in [3.05, 3.63) is 108 Å². The van der Waals surface area contributed by atoms with Crippen molar-refractivity contribution in [2.24, 2.45) is 0 Å². The quantitative estimate of drug-likeness (QED) is 0.259. The second-order valence-corrected chi connectivity index (χ2v) is 10.2. The monoisotopic (exact) mass is 461 g/mol. The maximum atomic E-state index is 4.63. The maximum absolute atomic E-state index is 4.63. The highest BCUT2D eigenvalue weighted by atomic mass is 15.2. The normalized spacial score (nSPS) is 13.3. The number of fused-ring (bicyclic) bond motifs is 7. The Balaban J connectivity index is 1.56. The fourth-order valence-corrected chi connectivity index (χ4v) is 6.94. The van der Waals surface area contributed by atoms with Gasteiger partial charge in [0.2, 0.25) is 0 Å². The molecule has 0 aliphatic carbocycles. The third-order valence-corrected chi connectivity index (χ3v) is 8.10. The van der Waals surface area contributed by atoms with Gasteiger partial charge < -0.3 is 9.38 Å². The van der Waals surface area contributed by atoms with Gasteiger partial charge >= 0.3 is 6.85 Å². The predicted molar refractivity (Wildman–Crippen MR) is 152 cm³/mol. The average molecular weight is 461 g/mol. The Hall–Kier alpha value is -4.31. The van der Waals surface area contributed by atoms with E-state index in [0.717, 1.165) is 5.69 Å². The maximum Gasteiger partial charge on any atom is 0.333 e. The van der Waals surface area contributed by atoms with Gasteiger partial charge in [0.15, 0.2) is 0 Å². The Kier molecular flexibility index (Phi) is 3.81. The summed E-state index contributed by atoms with van der Waals surface area (Å²) in [4.78, 5) is 7.08. The molecule has 0 N–H and O–H groups in total. The first-order valence-corrected chi connectivity index (χ1v) is 12.6. The van der Waals surface area contributed by atoms with Gasteiger partial charge in [0, 0.05) is 39.3 Å². The van der Waals surface area contributed by atoms with E-state index in [4.69, 9.17) is 0 Å². The number of aromatic nitrogens is 2. The molecule has 0 amide bonds. The highest BCUT2D eigenvalue weighted by Gasteiger charge is 2.42. The van der Waals surface area contributed by atoms with Crippen molar-refractivity contribution in [3.8, 4) is 11.1 Å². The molecule has 0 radical (unpaired) electrons. The van der Waals surface area contributed by atoms with Gasteiger partial charge in [0.05, 0.1) is 17.6 Å². The van der Waals surface area contributed by atoms with Crippen LogP contribution in [0, 0.1) is 20.8 Å². The van der Waals surface area contributed by atoms with Crippen LogP contribution in [-0.4, -0.2) is 16.3 Å². The largest absolute Gasteiger partial charge is 0.375 e. The topological polar surface area (TPSA) is 21.1 Å². The molecule has 6 aromatic rings. The molecule has 0 unspecified atom stereocenters. The van der Waals surface area contributed by atoms with Crippen molar-refractivity contribution in [3.63, 3.8) is 0 Å². The van der Waals surface area contributed by atoms with Crippen LogP contribution >= 0.6 is 0 Å². The van der Waals surface area contributed by atoms with Gasteiger partial charge in [0.25, 0.3) is 0 Å². The van der Waals surface area contributed by atoms with Crippen molar-refractivity contribution in [2.45, 2.75) is 20.8 Å². The first kappa shape index (κ1) is 19.9. The molecule has 2 aliphatic rings. The molecule has 0 saturated carbocycles. The molecule has 3 nitrogen and oxygen atoms in total. The highest BCUT2D eigenvalue weighted by Crippen LogP contribution is 2.45. The lowest BCUT2D eigenvalue weighted by molar-refractivity contribution is 1.18. The van der Waals surface area contributed by atoms with Crippen LogP contribution in [0.2, 0.25) is 0 Å². The van der Waals surface area contributed by atoms with Crippen LogP contribution in [0.4, 0.5) is 17.1 Å². The van der Waals surface area contributed by atoms with E-state index in [1.54, 1.807) is 0 Å². The van der Waals surface area contributed by atoms with E-state index < -0.39 is 0 Å². The lowest BCUT2D eigenvalue weighted by Crippen LogP contribution is -2.56. The molecule has 4 heteroatoms. The number of hydrogen-bond donors (Lipinski definition) is 0. The zero-order valence-corrected chi connectivity index (χ0v) is 20.6. The van der Waals surface area contributed by atoms with Crippen LogP contribution in [-0.2, 0) is 0 Å². The molecule has 170 valence electrons. The number of rotatable bonds is 1. The summed E-state index contributed by atoms with van der Waals surface area (Å²) in [5.41, 5.74) is 15.4. The Bertz CT molecular complexity index is 1870. The molecule has 0 fully saturated rings. The number of benzene rings is 4. The van der Waals surface area contributed by atoms with Gasteiger partial charge in [0.1, 0.15) is 0 Å². The van der Waals surface area contributed by atoms with Crippen molar-refractivity contribution in [1.29, 1.82) is 0 Å². The van der Waals surface area contributed by atoms with E-state index >= 15 is 0 Å². The SMILES string of the molecule is Cc1cc(C)c(N2c3cnccc3B3c4c(cccc42)-c2cccc4c5ccccc5n3c24)c(C)c1. The molecule has 2 aliphatic heterocycles. The van der Waals surface area contributed by atoms with E-state index in [-0.39, 0.29) is 6.85 Å². The van der Waals surface area contributed by atoms with E-state index in [1.807, 2.05) is 12.4 Å². The zero-order valence-electron chi connectivity index (χ0n) is 20.6. The number of pyridine rings is 1. The highest BCUT2D eigenvalue weighted by molar-refractivity contribution is 6.90. The molecule has 4 heterocycles. The van der Waals surface area contributed by atoms with Crippen LogP contribution < -0.4 is 15.8 Å². The van der Waals surface area contributed by atoms with E-state index in [0.29, 0.717) is 0 Å². The zero-order chi connectivity index (χ0) is 24.1. The van der Waals surface area contributed by atoms with Gasteiger partial charge in [-0.1, -0.05) is 66.2 Å². The lowest BCUT2D eigenvalue weighted by atomic mass is 9.45. The van der Waals surface area contributed by atoms with Crippen molar-refractivity contribution in [2.75, 3.05) is 4.90 Å². The molecule has 0 bridgehead atoms. The van der Waals surface area contributed by atoms with Crippen molar-refractivity contribution < 1.29 is 0 Å². The van der Waals surface area contributed by atoms with Crippen LogP contribution in [0.1, 0.15) is 16.7 Å². The number of hydrogen-bond acceptors (Lipinski definition) is 2. The third kappa shape index (κ3) is 2.36. The molecule has 36 heavy (non-hydrogen) atoms. The van der Waals surface area contributed by atoms with Crippen LogP contribution in [0.25, 0.3) is 32.9 Å². The van der Waals surface area contributed by atoms with Gasteiger partial charge in [-0.05, 0) is 66.6 Å². The first-order chi connectivity index (χ1) is 17.6. The van der Waals surface area contributed by atoms with E-state index in [1.165, 1.54) is 71.9 Å². The molecule has 0 saturated heterocycles. The summed E-state index contributed by atoms with van der Waals surface area (Å²) >= 11 is 0. The average Bonchev–Trinajstić information content (AvgIpc) is 3.22. The number of anilines is 3. The minimum absolute atomic E-state index is 0.0915. The molecular weight excluding hydrogens is 437 g/mol. The molecule has 4 aromatic carbocycles. The van der Waals surface area contributed by atoms with E-state index in [9.17, 15) is 0 Å². The Morgan fingerprint density at radius 2 is 1.47 bits per heavy atom. The first-order valence-electron chi connectivity index (χ1n) is 12.6. The summed E-state index contributed by atoms with van der Waals surface area (Å²) in [6, 6.07) is 29.2. The smallest absolute Gasteiger partial charge is 0.333 e. The summed E-state index contributed by atoms with van der Waals surface area (Å²) < 4.78 is 2.58. The molecule has 0 atom stereocenters. The Labute approximate surface area is 210 Å². The van der Waals surface area contributed by atoms with E-state index in [2.05, 4.69) is 114 Å². The number of nitrogens with zero attached hydrogens (tertiary/aromatic N) is 3. The van der Waals surface area contributed by atoms with Crippen molar-refractivity contribution in [1.82, 2.24) is 9.46 Å². The predicted octanol–water partition coefficient (Wildman–Crippen LogP) is 6.53. The fraction of sp³-hybridized carbons (Fsp3) is 0.0938. The second kappa shape index (κ2) is 6.89. The summed E-state index contributed by atoms with van der Waals surface area (Å²) in [6.45, 7) is 6.72. The van der Waals surface area contributed by atoms with Gasteiger partial charge in [-0.3, -0.25) is 4.98 Å². The van der Waals surface area contributed by atoms with Crippen LogP contribution in [0.15, 0.2) is 91.3 Å².